The molecule has 80 valence electrons. The largest absolute Gasteiger partial charge is 0.483 e. The van der Waals surface area contributed by atoms with Gasteiger partial charge in [-0.2, -0.15) is 0 Å². The highest BCUT2D eigenvalue weighted by molar-refractivity contribution is 5.57. The van der Waals surface area contributed by atoms with E-state index in [1.165, 1.54) is 6.07 Å². The van der Waals surface area contributed by atoms with Crippen molar-refractivity contribution in [2.45, 2.75) is 18.9 Å². The van der Waals surface area contributed by atoms with Crippen LogP contribution in [0, 0.1) is 10.1 Å². The van der Waals surface area contributed by atoms with Crippen LogP contribution < -0.4 is 10.1 Å². The summed E-state index contributed by atoms with van der Waals surface area (Å²) >= 11 is 0. The first kappa shape index (κ1) is 9.76. The third-order valence-corrected chi connectivity index (χ3v) is 2.26. The van der Waals surface area contributed by atoms with Gasteiger partial charge in [0, 0.05) is 24.9 Å². The van der Waals surface area contributed by atoms with Gasteiger partial charge in [0.25, 0.3) is 0 Å². The molecule has 15 heavy (non-hydrogen) atoms. The molecule has 1 saturated carbocycles. The molecule has 5 nitrogen and oxygen atoms in total. The summed E-state index contributed by atoms with van der Waals surface area (Å²) in [6, 6.07) is 4.79. The smallest absolute Gasteiger partial charge is 0.311 e. The second-order valence-corrected chi connectivity index (χ2v) is 3.51. The first-order chi connectivity index (χ1) is 7.20. The van der Waals surface area contributed by atoms with Crippen LogP contribution in [-0.4, -0.2) is 18.1 Å². The molecule has 0 aliphatic heterocycles. The Balaban J connectivity index is 2.30. The van der Waals surface area contributed by atoms with Crippen molar-refractivity contribution in [3.63, 3.8) is 0 Å². The van der Waals surface area contributed by atoms with Gasteiger partial charge in [0.05, 0.1) is 11.0 Å². The third kappa shape index (κ3) is 2.18. The molecule has 1 aliphatic rings. The van der Waals surface area contributed by atoms with Gasteiger partial charge in [-0.05, 0) is 18.9 Å². The topological polar surface area (TPSA) is 64.4 Å². The minimum absolute atomic E-state index is 0.0286. The molecule has 1 aromatic rings. The van der Waals surface area contributed by atoms with Gasteiger partial charge >= 0.3 is 5.69 Å². The molecular formula is C10H12N2O3. The minimum Gasteiger partial charge on any atom is -0.483 e. The maximum Gasteiger partial charge on any atom is 0.311 e. The van der Waals surface area contributed by atoms with E-state index in [2.05, 4.69) is 5.32 Å². The molecule has 1 fully saturated rings. The average Bonchev–Trinajstić information content (AvgIpc) is 3.01. The van der Waals surface area contributed by atoms with Crippen LogP contribution in [0.2, 0.25) is 0 Å². The Labute approximate surface area is 87.2 Å². The van der Waals surface area contributed by atoms with Crippen molar-refractivity contribution in [2.24, 2.45) is 0 Å². The lowest BCUT2D eigenvalue weighted by Gasteiger charge is -2.07. The van der Waals surface area contributed by atoms with Gasteiger partial charge in [-0.15, -0.1) is 0 Å². The minimum atomic E-state index is -0.419. The number of rotatable bonds is 4. The van der Waals surface area contributed by atoms with E-state index in [4.69, 9.17) is 4.74 Å². The zero-order valence-corrected chi connectivity index (χ0v) is 8.40. The molecule has 0 atom stereocenters. The Morgan fingerprint density at radius 2 is 2.27 bits per heavy atom. The van der Waals surface area contributed by atoms with Crippen molar-refractivity contribution in [1.29, 1.82) is 0 Å². The molecule has 0 aromatic heterocycles. The van der Waals surface area contributed by atoms with E-state index in [-0.39, 0.29) is 11.8 Å². The Morgan fingerprint density at radius 3 is 2.80 bits per heavy atom. The van der Waals surface area contributed by atoms with Crippen molar-refractivity contribution in [3.8, 4) is 5.75 Å². The van der Waals surface area contributed by atoms with Gasteiger partial charge in [-0.1, -0.05) is 0 Å². The van der Waals surface area contributed by atoms with E-state index in [0.29, 0.717) is 5.75 Å². The fraction of sp³-hybridized carbons (Fsp3) is 0.400. The van der Waals surface area contributed by atoms with Gasteiger partial charge in [-0.25, -0.2) is 0 Å². The third-order valence-electron chi connectivity index (χ3n) is 2.26. The number of nitrogens with zero attached hydrogens (tertiary/aromatic N) is 1. The molecule has 2 rings (SSSR count). The van der Waals surface area contributed by atoms with E-state index in [1.54, 1.807) is 19.2 Å². The van der Waals surface area contributed by atoms with Gasteiger partial charge in [0.15, 0.2) is 5.75 Å². The number of hydrogen-bond donors (Lipinski definition) is 1. The summed E-state index contributed by atoms with van der Waals surface area (Å²) in [6.07, 6.45) is 2.14. The van der Waals surface area contributed by atoms with Gasteiger partial charge in [-0.3, -0.25) is 10.1 Å². The van der Waals surface area contributed by atoms with Crippen LogP contribution in [0.1, 0.15) is 12.8 Å². The number of benzene rings is 1. The fourth-order valence-electron chi connectivity index (χ4n) is 1.28. The molecule has 0 heterocycles. The van der Waals surface area contributed by atoms with E-state index in [9.17, 15) is 10.1 Å². The Hall–Kier alpha value is -1.78. The molecule has 1 N–H and O–H groups in total. The monoisotopic (exact) mass is 208 g/mol. The maximum atomic E-state index is 10.7. The van der Waals surface area contributed by atoms with Crippen LogP contribution in [0.5, 0.6) is 5.75 Å². The molecule has 5 heteroatoms. The summed E-state index contributed by atoms with van der Waals surface area (Å²) < 4.78 is 5.48. The molecule has 1 aliphatic carbocycles. The first-order valence-corrected chi connectivity index (χ1v) is 4.83. The number of anilines is 1. The van der Waals surface area contributed by atoms with Gasteiger partial charge < -0.3 is 10.1 Å². The zero-order chi connectivity index (χ0) is 10.8. The number of nitrogens with one attached hydrogen (secondary N) is 1. The second-order valence-electron chi connectivity index (χ2n) is 3.51. The fourth-order valence-corrected chi connectivity index (χ4v) is 1.28. The molecule has 0 spiro atoms. The predicted molar refractivity (Wildman–Crippen MR) is 56.3 cm³/mol. The molecule has 0 unspecified atom stereocenters. The van der Waals surface area contributed by atoms with Crippen LogP contribution in [0.25, 0.3) is 0 Å². The van der Waals surface area contributed by atoms with Crippen LogP contribution >= 0.6 is 0 Å². The normalized spacial score (nSPS) is 14.7. The van der Waals surface area contributed by atoms with Crippen LogP contribution in [0.15, 0.2) is 18.2 Å². The van der Waals surface area contributed by atoms with Crippen molar-refractivity contribution >= 4 is 11.4 Å². The van der Waals surface area contributed by atoms with Crippen LogP contribution in [0.3, 0.4) is 0 Å². The van der Waals surface area contributed by atoms with Gasteiger partial charge in [0.2, 0.25) is 0 Å². The Bertz CT molecular complexity index is 388. The highest BCUT2D eigenvalue weighted by Gasteiger charge is 2.27. The first-order valence-electron chi connectivity index (χ1n) is 4.83. The Morgan fingerprint density at radius 1 is 1.53 bits per heavy atom. The molecule has 1 aromatic carbocycles. The van der Waals surface area contributed by atoms with Crippen molar-refractivity contribution in [2.75, 3.05) is 12.4 Å². The molecule has 0 saturated heterocycles. The maximum absolute atomic E-state index is 10.7. The zero-order valence-electron chi connectivity index (χ0n) is 8.40. The number of nitro benzene ring substituents is 1. The van der Waals surface area contributed by atoms with Crippen LogP contribution in [-0.2, 0) is 0 Å². The standard InChI is InChI=1S/C10H12N2O3/c1-11-7-2-5-9(12(13)14)10(6-7)15-8-3-4-8/h2,5-6,8,11H,3-4H2,1H3. The predicted octanol–water partition coefficient (Wildman–Crippen LogP) is 2.18. The highest BCUT2D eigenvalue weighted by Crippen LogP contribution is 2.35. The highest BCUT2D eigenvalue weighted by atomic mass is 16.6. The summed E-state index contributed by atoms with van der Waals surface area (Å²) in [5, 5.41) is 13.7. The summed E-state index contributed by atoms with van der Waals surface area (Å²) in [5.74, 6) is 0.356. The average molecular weight is 208 g/mol. The van der Waals surface area contributed by atoms with E-state index < -0.39 is 4.92 Å². The molecule has 0 bridgehead atoms. The Kier molecular flexibility index (Phi) is 2.45. The number of ether oxygens (including phenoxy) is 1. The van der Waals surface area contributed by atoms with Crippen molar-refractivity contribution < 1.29 is 9.66 Å². The lowest BCUT2D eigenvalue weighted by molar-refractivity contribution is -0.385. The van der Waals surface area contributed by atoms with Crippen LogP contribution in [0.4, 0.5) is 11.4 Å². The summed E-state index contributed by atoms with van der Waals surface area (Å²) in [5.41, 5.74) is 0.845. The van der Waals surface area contributed by atoms with Crippen molar-refractivity contribution in [3.05, 3.63) is 28.3 Å². The van der Waals surface area contributed by atoms with Crippen molar-refractivity contribution in [1.82, 2.24) is 0 Å². The summed E-state index contributed by atoms with van der Waals surface area (Å²) in [4.78, 5) is 10.3. The summed E-state index contributed by atoms with van der Waals surface area (Å²) in [6.45, 7) is 0. The molecule has 0 amide bonds. The number of hydrogen-bond acceptors (Lipinski definition) is 4. The SMILES string of the molecule is CNc1ccc([N+](=O)[O-])c(OC2CC2)c1. The van der Waals surface area contributed by atoms with E-state index >= 15 is 0 Å². The number of nitro groups is 1. The lowest BCUT2D eigenvalue weighted by atomic mass is 10.2. The van der Waals surface area contributed by atoms with E-state index in [1.807, 2.05) is 0 Å². The molecule has 0 radical (unpaired) electrons. The summed E-state index contributed by atoms with van der Waals surface area (Å²) in [7, 11) is 1.77. The quantitative estimate of drug-likeness (QED) is 0.608. The van der Waals surface area contributed by atoms with Gasteiger partial charge in [0.1, 0.15) is 0 Å². The van der Waals surface area contributed by atoms with E-state index in [0.717, 1.165) is 18.5 Å². The molecular weight excluding hydrogens is 196 g/mol. The second kappa shape index (κ2) is 3.76. The lowest BCUT2D eigenvalue weighted by Crippen LogP contribution is -2.01.